The molecular weight excluding hydrogens is 237 g/mol. The van der Waals surface area contributed by atoms with Gasteiger partial charge in [0.05, 0.1) is 10.7 Å². The van der Waals surface area contributed by atoms with Crippen molar-refractivity contribution in [3.05, 3.63) is 64.4 Å². The minimum Gasteiger partial charge on any atom is -0.380 e. The van der Waals surface area contributed by atoms with Gasteiger partial charge in [0.25, 0.3) is 0 Å². The number of nitrogens with one attached hydrogen (secondary N) is 1. The first-order valence-electron chi connectivity index (χ1n) is 5.40. The van der Waals surface area contributed by atoms with Gasteiger partial charge >= 0.3 is 0 Å². The summed E-state index contributed by atoms with van der Waals surface area (Å²) in [4.78, 5) is 0. The predicted molar refractivity (Wildman–Crippen MR) is 69.9 cm³/mol. The van der Waals surface area contributed by atoms with Gasteiger partial charge in [-0.25, -0.2) is 4.39 Å². The van der Waals surface area contributed by atoms with Gasteiger partial charge in [-0.2, -0.15) is 0 Å². The summed E-state index contributed by atoms with van der Waals surface area (Å²) >= 11 is 6.08. The van der Waals surface area contributed by atoms with Gasteiger partial charge in [0.2, 0.25) is 0 Å². The third kappa shape index (κ3) is 2.98. The highest BCUT2D eigenvalue weighted by molar-refractivity contribution is 6.33. The van der Waals surface area contributed by atoms with Gasteiger partial charge in [0.1, 0.15) is 5.82 Å². The zero-order valence-electron chi connectivity index (χ0n) is 9.50. The van der Waals surface area contributed by atoms with Crippen LogP contribution < -0.4 is 5.32 Å². The van der Waals surface area contributed by atoms with Crippen molar-refractivity contribution >= 4 is 17.3 Å². The van der Waals surface area contributed by atoms with E-state index in [9.17, 15) is 4.39 Å². The van der Waals surface area contributed by atoms with Crippen molar-refractivity contribution in [3.8, 4) is 0 Å². The number of hydrogen-bond donors (Lipinski definition) is 1. The van der Waals surface area contributed by atoms with E-state index in [1.807, 2.05) is 31.2 Å². The van der Waals surface area contributed by atoms with Crippen LogP contribution in [0, 0.1) is 12.7 Å². The summed E-state index contributed by atoms with van der Waals surface area (Å²) in [5.74, 6) is -0.205. The average molecular weight is 250 g/mol. The third-order valence-electron chi connectivity index (χ3n) is 2.55. The monoisotopic (exact) mass is 249 g/mol. The lowest BCUT2D eigenvalue weighted by molar-refractivity contribution is 0.613. The van der Waals surface area contributed by atoms with Crippen molar-refractivity contribution in [2.24, 2.45) is 0 Å². The lowest BCUT2D eigenvalue weighted by Crippen LogP contribution is -2.02. The molecule has 2 rings (SSSR count). The second-order valence-corrected chi connectivity index (χ2v) is 4.34. The molecule has 0 radical (unpaired) electrons. The van der Waals surface area contributed by atoms with Crippen LogP contribution in [0.25, 0.3) is 0 Å². The van der Waals surface area contributed by atoms with Crippen molar-refractivity contribution in [3.63, 3.8) is 0 Å². The standard InChI is InChI=1S/C14H13ClFN/c1-10-6-7-14(12(15)8-10)17-9-11-4-2-3-5-13(11)16/h2-8,17H,9H2,1H3. The minimum absolute atomic E-state index is 0.205. The second-order valence-electron chi connectivity index (χ2n) is 3.93. The van der Waals surface area contributed by atoms with E-state index in [1.54, 1.807) is 12.1 Å². The predicted octanol–water partition coefficient (Wildman–Crippen LogP) is 4.40. The van der Waals surface area contributed by atoms with Gasteiger partial charge in [-0.1, -0.05) is 35.9 Å². The summed E-state index contributed by atoms with van der Waals surface area (Å²) in [6.07, 6.45) is 0. The Morgan fingerprint density at radius 3 is 2.65 bits per heavy atom. The first-order valence-corrected chi connectivity index (χ1v) is 5.78. The molecule has 0 unspecified atom stereocenters. The molecule has 3 heteroatoms. The quantitative estimate of drug-likeness (QED) is 0.850. The fraction of sp³-hybridized carbons (Fsp3) is 0.143. The van der Waals surface area contributed by atoms with Crippen LogP contribution in [0.1, 0.15) is 11.1 Å². The summed E-state index contributed by atoms with van der Waals surface area (Å²) in [6.45, 7) is 2.40. The maximum absolute atomic E-state index is 13.4. The van der Waals surface area contributed by atoms with E-state index in [1.165, 1.54) is 6.07 Å². The maximum atomic E-state index is 13.4. The normalized spacial score (nSPS) is 10.3. The number of rotatable bonds is 3. The molecule has 0 heterocycles. The van der Waals surface area contributed by atoms with E-state index in [0.717, 1.165) is 11.3 Å². The van der Waals surface area contributed by atoms with E-state index in [2.05, 4.69) is 5.32 Å². The van der Waals surface area contributed by atoms with Gasteiger partial charge in [0.15, 0.2) is 0 Å². The van der Waals surface area contributed by atoms with Crippen LogP contribution in [-0.2, 0) is 6.54 Å². The molecule has 0 aliphatic heterocycles. The van der Waals surface area contributed by atoms with Crippen LogP contribution in [0.3, 0.4) is 0 Å². The summed E-state index contributed by atoms with van der Waals surface area (Å²) in [5, 5.41) is 3.78. The molecule has 0 aromatic heterocycles. The number of hydrogen-bond acceptors (Lipinski definition) is 1. The fourth-order valence-corrected chi connectivity index (χ4v) is 1.90. The zero-order valence-corrected chi connectivity index (χ0v) is 10.3. The molecule has 0 aliphatic rings. The van der Waals surface area contributed by atoms with Crippen LogP contribution in [0.5, 0.6) is 0 Å². The van der Waals surface area contributed by atoms with E-state index in [4.69, 9.17) is 11.6 Å². The molecule has 0 saturated carbocycles. The SMILES string of the molecule is Cc1ccc(NCc2ccccc2F)c(Cl)c1. The highest BCUT2D eigenvalue weighted by Gasteiger charge is 2.03. The first-order chi connectivity index (χ1) is 8.16. The Labute approximate surface area is 105 Å². The van der Waals surface area contributed by atoms with E-state index < -0.39 is 0 Å². The Bertz CT molecular complexity index is 525. The highest BCUT2D eigenvalue weighted by atomic mass is 35.5. The van der Waals surface area contributed by atoms with Crippen molar-refractivity contribution in [1.29, 1.82) is 0 Å². The Morgan fingerprint density at radius 2 is 1.94 bits per heavy atom. The third-order valence-corrected chi connectivity index (χ3v) is 2.86. The van der Waals surface area contributed by atoms with Gasteiger partial charge in [-0.05, 0) is 30.7 Å². The Hall–Kier alpha value is -1.54. The lowest BCUT2D eigenvalue weighted by atomic mass is 10.2. The average Bonchev–Trinajstić information content (AvgIpc) is 2.30. The molecule has 2 aromatic carbocycles. The Morgan fingerprint density at radius 1 is 1.18 bits per heavy atom. The number of aryl methyl sites for hydroxylation is 1. The summed E-state index contributed by atoms with van der Waals surface area (Å²) in [5.41, 5.74) is 2.55. The van der Waals surface area contributed by atoms with E-state index in [0.29, 0.717) is 17.1 Å². The molecule has 0 amide bonds. The molecule has 88 valence electrons. The molecule has 2 aromatic rings. The molecule has 1 N–H and O–H groups in total. The number of benzene rings is 2. The summed E-state index contributed by atoms with van der Waals surface area (Å²) in [6, 6.07) is 12.5. The minimum atomic E-state index is -0.205. The van der Waals surface area contributed by atoms with Crippen LogP contribution in [0.2, 0.25) is 5.02 Å². The first kappa shape index (κ1) is 11.9. The van der Waals surface area contributed by atoms with E-state index >= 15 is 0 Å². The number of anilines is 1. The van der Waals surface area contributed by atoms with Crippen LogP contribution >= 0.6 is 11.6 Å². The fourth-order valence-electron chi connectivity index (χ4n) is 1.60. The molecule has 0 saturated heterocycles. The Kier molecular flexibility index (Phi) is 3.64. The molecule has 0 bridgehead atoms. The van der Waals surface area contributed by atoms with Crippen LogP contribution in [0.4, 0.5) is 10.1 Å². The van der Waals surface area contributed by atoms with Gasteiger partial charge in [-0.3, -0.25) is 0 Å². The van der Waals surface area contributed by atoms with Gasteiger partial charge in [-0.15, -0.1) is 0 Å². The Balaban J connectivity index is 2.10. The van der Waals surface area contributed by atoms with Crippen molar-refractivity contribution in [1.82, 2.24) is 0 Å². The largest absolute Gasteiger partial charge is 0.380 e. The van der Waals surface area contributed by atoms with Gasteiger partial charge < -0.3 is 5.32 Å². The topological polar surface area (TPSA) is 12.0 Å². The zero-order chi connectivity index (χ0) is 12.3. The summed E-state index contributed by atoms with van der Waals surface area (Å²) in [7, 11) is 0. The second kappa shape index (κ2) is 5.19. The molecule has 17 heavy (non-hydrogen) atoms. The molecule has 1 nitrogen and oxygen atoms in total. The molecule has 0 spiro atoms. The smallest absolute Gasteiger partial charge is 0.128 e. The molecular formula is C14H13ClFN. The van der Waals surface area contributed by atoms with Crippen molar-refractivity contribution < 1.29 is 4.39 Å². The van der Waals surface area contributed by atoms with Gasteiger partial charge in [0, 0.05) is 12.1 Å². The number of halogens is 2. The molecule has 0 fully saturated rings. The molecule has 0 atom stereocenters. The van der Waals surface area contributed by atoms with Crippen molar-refractivity contribution in [2.45, 2.75) is 13.5 Å². The van der Waals surface area contributed by atoms with Crippen LogP contribution in [0.15, 0.2) is 42.5 Å². The molecule has 0 aliphatic carbocycles. The lowest BCUT2D eigenvalue weighted by Gasteiger charge is -2.09. The maximum Gasteiger partial charge on any atom is 0.128 e. The highest BCUT2D eigenvalue weighted by Crippen LogP contribution is 2.23. The van der Waals surface area contributed by atoms with Crippen LogP contribution in [-0.4, -0.2) is 0 Å². The summed E-state index contributed by atoms with van der Waals surface area (Å²) < 4.78 is 13.4. The van der Waals surface area contributed by atoms with Crippen molar-refractivity contribution in [2.75, 3.05) is 5.32 Å². The van der Waals surface area contributed by atoms with E-state index in [-0.39, 0.29) is 5.82 Å².